The molecule has 2 aromatic carbocycles. The molecule has 1 atom stereocenters. The summed E-state index contributed by atoms with van der Waals surface area (Å²) in [4.78, 5) is 0. The fourth-order valence-electron chi connectivity index (χ4n) is 1.87. The van der Waals surface area contributed by atoms with Crippen LogP contribution >= 0.6 is 0 Å². The smallest absolute Gasteiger partial charge is 0.161 e. The summed E-state index contributed by atoms with van der Waals surface area (Å²) in [6.45, 7) is 0.371. The van der Waals surface area contributed by atoms with E-state index in [0.717, 1.165) is 11.1 Å². The van der Waals surface area contributed by atoms with Crippen molar-refractivity contribution in [1.82, 2.24) is 0 Å². The molecule has 0 radical (unpaired) electrons. The maximum atomic E-state index is 9.08. The van der Waals surface area contributed by atoms with Gasteiger partial charge in [0.15, 0.2) is 11.5 Å². The van der Waals surface area contributed by atoms with E-state index in [1.54, 1.807) is 13.2 Å². The van der Waals surface area contributed by atoms with E-state index in [4.69, 9.17) is 20.3 Å². The number of methoxy groups -OCH3 is 1. The van der Waals surface area contributed by atoms with Crippen LogP contribution in [0, 0.1) is 0 Å². The Kier molecular flexibility index (Phi) is 4.98. The summed E-state index contributed by atoms with van der Waals surface area (Å²) in [7, 11) is 1.58. The maximum Gasteiger partial charge on any atom is 0.161 e. The Morgan fingerprint density at radius 3 is 2.50 bits per heavy atom. The molecule has 0 fully saturated rings. The van der Waals surface area contributed by atoms with Gasteiger partial charge in [-0.25, -0.2) is 0 Å². The minimum absolute atomic E-state index is 0.104. The molecule has 2 rings (SSSR count). The highest BCUT2D eigenvalue weighted by Crippen LogP contribution is 2.30. The molecule has 0 saturated heterocycles. The molecule has 0 saturated carbocycles. The third-order valence-corrected chi connectivity index (χ3v) is 3.05. The second-order valence-corrected chi connectivity index (χ2v) is 4.47. The Balaban J connectivity index is 2.11. The molecule has 4 nitrogen and oxygen atoms in total. The third kappa shape index (κ3) is 3.50. The molecular weight excluding hydrogens is 254 g/mol. The number of nitrogens with two attached hydrogens (primary N) is 1. The average Bonchev–Trinajstić information content (AvgIpc) is 2.53. The Bertz CT molecular complexity index is 543. The molecule has 106 valence electrons. The maximum absolute atomic E-state index is 9.08. The van der Waals surface area contributed by atoms with Gasteiger partial charge >= 0.3 is 0 Å². The van der Waals surface area contributed by atoms with Gasteiger partial charge in [0, 0.05) is 0 Å². The molecule has 0 unspecified atom stereocenters. The van der Waals surface area contributed by atoms with Crippen molar-refractivity contribution in [1.29, 1.82) is 0 Å². The van der Waals surface area contributed by atoms with E-state index in [0.29, 0.717) is 18.1 Å². The highest BCUT2D eigenvalue weighted by atomic mass is 16.5. The van der Waals surface area contributed by atoms with Gasteiger partial charge < -0.3 is 20.3 Å². The molecular formula is C16H19NO3. The Labute approximate surface area is 118 Å². The van der Waals surface area contributed by atoms with Crippen LogP contribution in [0.3, 0.4) is 0 Å². The molecule has 0 aliphatic carbocycles. The van der Waals surface area contributed by atoms with Crippen LogP contribution < -0.4 is 15.2 Å². The van der Waals surface area contributed by atoms with Gasteiger partial charge in [-0.15, -0.1) is 0 Å². The number of hydrogen-bond donors (Lipinski definition) is 2. The van der Waals surface area contributed by atoms with E-state index in [-0.39, 0.29) is 6.61 Å². The average molecular weight is 273 g/mol. The summed E-state index contributed by atoms with van der Waals surface area (Å²) in [6, 6.07) is 14.9. The lowest BCUT2D eigenvalue weighted by atomic mass is 10.1. The number of ether oxygens (including phenoxy) is 2. The van der Waals surface area contributed by atoms with Crippen molar-refractivity contribution in [2.75, 3.05) is 13.7 Å². The first-order chi connectivity index (χ1) is 9.74. The summed E-state index contributed by atoms with van der Waals surface area (Å²) in [5.41, 5.74) is 7.69. The minimum Gasteiger partial charge on any atom is -0.493 e. The van der Waals surface area contributed by atoms with Crippen LogP contribution in [0.2, 0.25) is 0 Å². The van der Waals surface area contributed by atoms with E-state index in [1.165, 1.54) is 0 Å². The lowest BCUT2D eigenvalue weighted by molar-refractivity contribution is 0.266. The summed E-state index contributed by atoms with van der Waals surface area (Å²) < 4.78 is 11.1. The van der Waals surface area contributed by atoms with Crippen molar-refractivity contribution in [3.05, 3.63) is 59.7 Å². The summed E-state index contributed by atoms with van der Waals surface area (Å²) in [5, 5.41) is 9.08. The zero-order valence-corrected chi connectivity index (χ0v) is 11.5. The van der Waals surface area contributed by atoms with Gasteiger partial charge in [0.05, 0.1) is 19.8 Å². The highest BCUT2D eigenvalue weighted by Gasteiger charge is 2.10. The lowest BCUT2D eigenvalue weighted by Crippen LogP contribution is -2.14. The van der Waals surface area contributed by atoms with Crippen LogP contribution in [0.25, 0.3) is 0 Å². The normalized spacial score (nSPS) is 11.9. The Hall–Kier alpha value is -2.04. The summed E-state index contributed by atoms with van der Waals surface area (Å²) >= 11 is 0. The van der Waals surface area contributed by atoms with Gasteiger partial charge in [-0.3, -0.25) is 0 Å². The van der Waals surface area contributed by atoms with Gasteiger partial charge in [0.2, 0.25) is 0 Å². The van der Waals surface area contributed by atoms with Crippen LogP contribution in [0.15, 0.2) is 48.5 Å². The van der Waals surface area contributed by atoms with Crippen molar-refractivity contribution in [2.45, 2.75) is 12.6 Å². The lowest BCUT2D eigenvalue weighted by Gasteiger charge is -2.14. The second-order valence-electron chi connectivity index (χ2n) is 4.47. The van der Waals surface area contributed by atoms with Gasteiger partial charge in [0.25, 0.3) is 0 Å². The molecule has 20 heavy (non-hydrogen) atoms. The van der Waals surface area contributed by atoms with Crippen molar-refractivity contribution in [3.63, 3.8) is 0 Å². The van der Waals surface area contributed by atoms with Crippen LogP contribution in [-0.4, -0.2) is 18.8 Å². The van der Waals surface area contributed by atoms with Crippen LogP contribution in [0.1, 0.15) is 17.2 Å². The number of aliphatic hydroxyl groups excluding tert-OH is 1. The molecule has 2 aromatic rings. The van der Waals surface area contributed by atoms with Gasteiger partial charge in [-0.05, 0) is 23.3 Å². The van der Waals surface area contributed by atoms with Crippen LogP contribution in [0.5, 0.6) is 11.5 Å². The fourth-order valence-corrected chi connectivity index (χ4v) is 1.87. The minimum atomic E-state index is -0.410. The van der Waals surface area contributed by atoms with Gasteiger partial charge in [-0.1, -0.05) is 36.4 Å². The first kappa shape index (κ1) is 14.4. The molecule has 0 aromatic heterocycles. The molecule has 0 aliphatic rings. The Morgan fingerprint density at radius 1 is 1.10 bits per heavy atom. The van der Waals surface area contributed by atoms with Crippen molar-refractivity contribution in [2.24, 2.45) is 5.73 Å². The zero-order valence-electron chi connectivity index (χ0n) is 11.5. The predicted octanol–water partition coefficient (Wildman–Crippen LogP) is 2.27. The van der Waals surface area contributed by atoms with Crippen LogP contribution in [0.4, 0.5) is 0 Å². The SMILES string of the molecule is COc1cc([C@H](N)CO)ccc1OCc1ccccc1. The Morgan fingerprint density at radius 2 is 1.85 bits per heavy atom. The monoisotopic (exact) mass is 273 g/mol. The summed E-state index contributed by atoms with van der Waals surface area (Å²) in [6.07, 6.45) is 0. The third-order valence-electron chi connectivity index (χ3n) is 3.05. The van der Waals surface area contributed by atoms with Crippen molar-refractivity contribution < 1.29 is 14.6 Å². The number of benzene rings is 2. The second kappa shape index (κ2) is 6.93. The molecule has 0 bridgehead atoms. The first-order valence-electron chi connectivity index (χ1n) is 6.45. The molecule has 3 N–H and O–H groups in total. The highest BCUT2D eigenvalue weighted by molar-refractivity contribution is 5.44. The quantitative estimate of drug-likeness (QED) is 0.847. The van der Waals surface area contributed by atoms with Crippen LogP contribution in [-0.2, 0) is 6.61 Å². The number of rotatable bonds is 6. The van der Waals surface area contributed by atoms with Crippen molar-refractivity contribution in [3.8, 4) is 11.5 Å². The van der Waals surface area contributed by atoms with Gasteiger partial charge in [-0.2, -0.15) is 0 Å². The van der Waals surface area contributed by atoms with Gasteiger partial charge in [0.1, 0.15) is 6.61 Å². The largest absolute Gasteiger partial charge is 0.493 e. The number of aliphatic hydroxyl groups is 1. The summed E-state index contributed by atoms with van der Waals surface area (Å²) in [5.74, 6) is 1.27. The van der Waals surface area contributed by atoms with E-state index in [9.17, 15) is 0 Å². The van der Waals surface area contributed by atoms with E-state index in [1.807, 2.05) is 42.5 Å². The van der Waals surface area contributed by atoms with E-state index >= 15 is 0 Å². The first-order valence-corrected chi connectivity index (χ1v) is 6.45. The standard InChI is InChI=1S/C16H19NO3/c1-19-16-9-13(14(17)10-18)7-8-15(16)20-11-12-5-3-2-4-6-12/h2-9,14,18H,10-11,17H2,1H3/t14-/m1/s1. The molecule has 0 aliphatic heterocycles. The zero-order chi connectivity index (χ0) is 14.4. The van der Waals surface area contributed by atoms with E-state index in [2.05, 4.69) is 0 Å². The molecule has 0 spiro atoms. The molecule has 4 heteroatoms. The molecule has 0 amide bonds. The van der Waals surface area contributed by atoms with Crippen molar-refractivity contribution >= 4 is 0 Å². The molecule has 0 heterocycles. The predicted molar refractivity (Wildman–Crippen MR) is 77.8 cm³/mol. The van der Waals surface area contributed by atoms with E-state index < -0.39 is 6.04 Å². The number of hydrogen-bond acceptors (Lipinski definition) is 4. The fraction of sp³-hybridized carbons (Fsp3) is 0.250. The topological polar surface area (TPSA) is 64.7 Å².